The van der Waals surface area contributed by atoms with Crippen LogP contribution >= 0.6 is 0 Å². The predicted molar refractivity (Wildman–Crippen MR) is 76.1 cm³/mol. The smallest absolute Gasteiger partial charge is 0.410 e. The van der Waals surface area contributed by atoms with E-state index in [1.54, 1.807) is 4.90 Å². The quantitative estimate of drug-likeness (QED) is 0.804. The van der Waals surface area contributed by atoms with Crippen molar-refractivity contribution in [3.63, 3.8) is 0 Å². The van der Waals surface area contributed by atoms with Crippen molar-refractivity contribution in [1.29, 1.82) is 0 Å². The molecule has 1 amide bonds. The van der Waals surface area contributed by atoms with E-state index >= 15 is 0 Å². The number of ether oxygens (including phenoxy) is 2. The number of hydrogen-bond acceptors (Lipinski definition) is 4. The van der Waals surface area contributed by atoms with Crippen LogP contribution in [-0.4, -0.2) is 52.5 Å². The van der Waals surface area contributed by atoms with Crippen LogP contribution in [0.15, 0.2) is 0 Å². The molecular weight excluding hydrogens is 274 g/mol. The standard InChI is InChI=1S/C15H25NO5/c1-14(2,3)21-13(19)16-9-7-15(8-10-16)6-4-5-11(20-15)12(17)18/h11H,4-10H2,1-3H3,(H,17,18). The summed E-state index contributed by atoms with van der Waals surface area (Å²) in [7, 11) is 0. The van der Waals surface area contributed by atoms with Crippen molar-refractivity contribution in [1.82, 2.24) is 4.90 Å². The Labute approximate surface area is 125 Å². The lowest BCUT2D eigenvalue weighted by atomic mass is 9.83. The number of aliphatic carboxylic acids is 1. The summed E-state index contributed by atoms with van der Waals surface area (Å²) < 4.78 is 11.2. The van der Waals surface area contributed by atoms with Gasteiger partial charge in [-0.05, 0) is 52.9 Å². The minimum atomic E-state index is -0.886. The highest BCUT2D eigenvalue weighted by atomic mass is 16.6. The molecule has 2 fully saturated rings. The Balaban J connectivity index is 1.90. The van der Waals surface area contributed by atoms with Crippen LogP contribution in [0.2, 0.25) is 0 Å². The summed E-state index contributed by atoms with van der Waals surface area (Å²) in [6, 6.07) is 0. The maximum absolute atomic E-state index is 12.0. The second-order valence-electron chi connectivity index (χ2n) is 6.99. The number of amides is 1. The SMILES string of the molecule is CC(C)(C)OC(=O)N1CCC2(CCCC(C(=O)O)O2)CC1. The largest absolute Gasteiger partial charge is 0.479 e. The topological polar surface area (TPSA) is 76.1 Å². The van der Waals surface area contributed by atoms with Crippen LogP contribution < -0.4 is 0 Å². The van der Waals surface area contributed by atoms with E-state index in [2.05, 4.69) is 0 Å². The third kappa shape index (κ3) is 4.09. The number of carbonyl (C=O) groups is 2. The Bertz CT molecular complexity index is 407. The zero-order valence-corrected chi connectivity index (χ0v) is 13.1. The Morgan fingerprint density at radius 3 is 2.38 bits per heavy atom. The molecule has 2 saturated heterocycles. The van der Waals surface area contributed by atoms with Crippen LogP contribution in [0.1, 0.15) is 52.9 Å². The zero-order chi connectivity index (χ0) is 15.7. The summed E-state index contributed by atoms with van der Waals surface area (Å²) in [5, 5.41) is 9.11. The van der Waals surface area contributed by atoms with Gasteiger partial charge in [0.15, 0.2) is 6.10 Å². The van der Waals surface area contributed by atoms with E-state index in [1.807, 2.05) is 20.8 Å². The van der Waals surface area contributed by atoms with E-state index in [0.29, 0.717) is 32.4 Å². The first-order valence-electron chi connectivity index (χ1n) is 7.59. The van der Waals surface area contributed by atoms with Crippen LogP contribution in [0.5, 0.6) is 0 Å². The van der Waals surface area contributed by atoms with Gasteiger partial charge >= 0.3 is 12.1 Å². The van der Waals surface area contributed by atoms with Crippen molar-refractivity contribution in [3.8, 4) is 0 Å². The lowest BCUT2D eigenvalue weighted by molar-refractivity contribution is -0.183. The molecule has 0 aromatic heterocycles. The second kappa shape index (κ2) is 5.83. The van der Waals surface area contributed by atoms with Gasteiger partial charge < -0.3 is 19.5 Å². The number of piperidine rings is 1. The molecule has 2 aliphatic rings. The average Bonchev–Trinajstić information content (AvgIpc) is 2.37. The molecule has 0 radical (unpaired) electrons. The molecule has 6 nitrogen and oxygen atoms in total. The lowest BCUT2D eigenvalue weighted by Gasteiger charge is -2.45. The Morgan fingerprint density at radius 1 is 1.24 bits per heavy atom. The van der Waals surface area contributed by atoms with E-state index < -0.39 is 17.7 Å². The van der Waals surface area contributed by atoms with Crippen LogP contribution in [0.3, 0.4) is 0 Å². The number of carboxylic acids is 1. The fourth-order valence-electron chi connectivity index (χ4n) is 2.99. The van der Waals surface area contributed by atoms with Crippen molar-refractivity contribution in [2.75, 3.05) is 13.1 Å². The fourth-order valence-corrected chi connectivity index (χ4v) is 2.99. The van der Waals surface area contributed by atoms with Crippen LogP contribution in [0, 0.1) is 0 Å². The molecule has 2 aliphatic heterocycles. The first-order valence-corrected chi connectivity index (χ1v) is 7.59. The molecule has 120 valence electrons. The molecule has 1 spiro atoms. The summed E-state index contributed by atoms with van der Waals surface area (Å²) in [4.78, 5) is 24.8. The summed E-state index contributed by atoms with van der Waals surface area (Å²) in [5.74, 6) is -0.886. The lowest BCUT2D eigenvalue weighted by Crippen LogP contribution is -2.52. The summed E-state index contributed by atoms with van der Waals surface area (Å²) in [6.45, 7) is 6.65. The predicted octanol–water partition coefficient (Wildman–Crippen LogP) is 2.41. The molecule has 0 bridgehead atoms. The van der Waals surface area contributed by atoms with Gasteiger partial charge in [0.2, 0.25) is 0 Å². The molecule has 0 saturated carbocycles. The zero-order valence-electron chi connectivity index (χ0n) is 13.1. The number of carboxylic acid groups (broad SMARTS) is 1. The van der Waals surface area contributed by atoms with E-state index in [4.69, 9.17) is 14.6 Å². The molecule has 6 heteroatoms. The number of rotatable bonds is 1. The van der Waals surface area contributed by atoms with Gasteiger partial charge in [0.25, 0.3) is 0 Å². The van der Waals surface area contributed by atoms with Crippen LogP contribution in [0.4, 0.5) is 4.79 Å². The first-order chi connectivity index (χ1) is 9.71. The van der Waals surface area contributed by atoms with E-state index in [1.165, 1.54) is 0 Å². The molecule has 0 aromatic carbocycles. The molecule has 1 unspecified atom stereocenters. The number of hydrogen-bond donors (Lipinski definition) is 1. The molecule has 2 heterocycles. The van der Waals surface area contributed by atoms with Crippen molar-refractivity contribution >= 4 is 12.1 Å². The first kappa shape index (κ1) is 16.1. The monoisotopic (exact) mass is 299 g/mol. The maximum Gasteiger partial charge on any atom is 0.410 e. The highest BCUT2D eigenvalue weighted by Gasteiger charge is 2.43. The van der Waals surface area contributed by atoms with Crippen molar-refractivity contribution < 1.29 is 24.2 Å². The fraction of sp³-hybridized carbons (Fsp3) is 0.867. The van der Waals surface area contributed by atoms with Gasteiger partial charge in [-0.15, -0.1) is 0 Å². The van der Waals surface area contributed by atoms with E-state index in [-0.39, 0.29) is 11.7 Å². The average molecular weight is 299 g/mol. The summed E-state index contributed by atoms with van der Waals surface area (Å²) in [5.41, 5.74) is -0.873. The van der Waals surface area contributed by atoms with Crippen LogP contribution in [-0.2, 0) is 14.3 Å². The Kier molecular flexibility index (Phi) is 4.46. The molecular formula is C15H25NO5. The molecule has 1 N–H and O–H groups in total. The van der Waals surface area contributed by atoms with Crippen LogP contribution in [0.25, 0.3) is 0 Å². The minimum absolute atomic E-state index is 0.303. The van der Waals surface area contributed by atoms with Crippen molar-refractivity contribution in [3.05, 3.63) is 0 Å². The van der Waals surface area contributed by atoms with Gasteiger partial charge in [-0.2, -0.15) is 0 Å². The normalized spacial score (nSPS) is 25.7. The third-order valence-corrected chi connectivity index (χ3v) is 4.09. The highest BCUT2D eigenvalue weighted by molar-refractivity contribution is 5.72. The van der Waals surface area contributed by atoms with Gasteiger partial charge in [-0.3, -0.25) is 0 Å². The van der Waals surface area contributed by atoms with E-state index in [9.17, 15) is 9.59 Å². The molecule has 0 aliphatic carbocycles. The molecule has 2 rings (SSSR count). The molecule has 21 heavy (non-hydrogen) atoms. The van der Waals surface area contributed by atoms with Crippen molar-refractivity contribution in [2.45, 2.75) is 70.2 Å². The Hall–Kier alpha value is -1.30. The third-order valence-electron chi connectivity index (χ3n) is 4.09. The van der Waals surface area contributed by atoms with Gasteiger partial charge in [-0.1, -0.05) is 0 Å². The van der Waals surface area contributed by atoms with Gasteiger partial charge in [0.1, 0.15) is 5.60 Å². The number of nitrogens with zero attached hydrogens (tertiary/aromatic N) is 1. The minimum Gasteiger partial charge on any atom is -0.479 e. The maximum atomic E-state index is 12.0. The second-order valence-corrected chi connectivity index (χ2v) is 6.99. The van der Waals surface area contributed by atoms with E-state index in [0.717, 1.165) is 12.8 Å². The highest BCUT2D eigenvalue weighted by Crippen LogP contribution is 2.37. The van der Waals surface area contributed by atoms with Gasteiger partial charge in [0, 0.05) is 13.1 Å². The molecule has 0 aromatic rings. The van der Waals surface area contributed by atoms with Crippen molar-refractivity contribution in [2.24, 2.45) is 0 Å². The molecule has 1 atom stereocenters. The summed E-state index contributed by atoms with van der Waals surface area (Å²) >= 11 is 0. The Morgan fingerprint density at radius 2 is 1.86 bits per heavy atom. The summed E-state index contributed by atoms with van der Waals surface area (Å²) in [6.07, 6.45) is 2.66. The van der Waals surface area contributed by atoms with Gasteiger partial charge in [-0.25, -0.2) is 9.59 Å². The number of carbonyl (C=O) groups excluding carboxylic acids is 1. The van der Waals surface area contributed by atoms with Gasteiger partial charge in [0.05, 0.1) is 5.60 Å². The number of likely N-dealkylation sites (tertiary alicyclic amines) is 1.